The third-order valence-corrected chi connectivity index (χ3v) is 3.09. The molecule has 0 amide bonds. The SMILES string of the molecule is CC(C)N1CCOC(c2noc(C(N)CO)n2)C1. The molecule has 2 atom stereocenters. The van der Waals surface area contributed by atoms with E-state index in [0.29, 0.717) is 18.5 Å². The molecule has 1 aliphatic heterocycles. The summed E-state index contributed by atoms with van der Waals surface area (Å²) in [6.45, 7) is 6.38. The number of nitrogens with zero attached hydrogens (tertiary/aromatic N) is 3. The summed E-state index contributed by atoms with van der Waals surface area (Å²) in [5, 5.41) is 12.8. The lowest BCUT2D eigenvalue weighted by Gasteiger charge is -2.34. The van der Waals surface area contributed by atoms with E-state index in [1.807, 2.05) is 0 Å². The van der Waals surface area contributed by atoms with Gasteiger partial charge in [0.15, 0.2) is 0 Å². The van der Waals surface area contributed by atoms with E-state index >= 15 is 0 Å². The van der Waals surface area contributed by atoms with Crippen LogP contribution in [0.3, 0.4) is 0 Å². The molecule has 3 N–H and O–H groups in total. The molecule has 102 valence electrons. The molecule has 1 aromatic rings. The summed E-state index contributed by atoms with van der Waals surface area (Å²) in [5.41, 5.74) is 5.62. The van der Waals surface area contributed by atoms with Crippen molar-refractivity contribution in [2.45, 2.75) is 32.0 Å². The van der Waals surface area contributed by atoms with Crippen LogP contribution in [0, 0.1) is 0 Å². The molecular weight excluding hydrogens is 236 g/mol. The van der Waals surface area contributed by atoms with Crippen LogP contribution in [0.5, 0.6) is 0 Å². The number of rotatable bonds is 4. The minimum absolute atomic E-state index is 0.190. The number of ether oxygens (including phenoxy) is 1. The smallest absolute Gasteiger partial charge is 0.246 e. The second-order valence-corrected chi connectivity index (χ2v) is 4.73. The molecule has 0 saturated carbocycles. The number of hydrogen-bond donors (Lipinski definition) is 2. The maximum absolute atomic E-state index is 8.93. The lowest BCUT2D eigenvalue weighted by Crippen LogP contribution is -2.42. The van der Waals surface area contributed by atoms with Crippen molar-refractivity contribution >= 4 is 0 Å². The molecule has 1 saturated heterocycles. The van der Waals surface area contributed by atoms with Crippen LogP contribution in [0.1, 0.15) is 37.7 Å². The first kappa shape index (κ1) is 13.4. The van der Waals surface area contributed by atoms with Crippen molar-refractivity contribution in [3.8, 4) is 0 Å². The fourth-order valence-corrected chi connectivity index (χ4v) is 1.90. The average molecular weight is 256 g/mol. The number of aliphatic hydroxyl groups excluding tert-OH is 1. The van der Waals surface area contributed by atoms with Gasteiger partial charge in [-0.3, -0.25) is 4.90 Å². The van der Waals surface area contributed by atoms with E-state index in [9.17, 15) is 0 Å². The van der Waals surface area contributed by atoms with E-state index in [1.165, 1.54) is 0 Å². The molecule has 1 fully saturated rings. The van der Waals surface area contributed by atoms with Gasteiger partial charge in [0.1, 0.15) is 12.1 Å². The largest absolute Gasteiger partial charge is 0.394 e. The Balaban J connectivity index is 2.04. The molecule has 2 rings (SSSR count). The van der Waals surface area contributed by atoms with Crippen LogP contribution in [-0.2, 0) is 4.74 Å². The van der Waals surface area contributed by atoms with Crippen molar-refractivity contribution < 1.29 is 14.4 Å². The number of morpholine rings is 1. The first-order valence-electron chi connectivity index (χ1n) is 6.17. The Hall–Kier alpha value is -1.02. The van der Waals surface area contributed by atoms with Crippen LogP contribution in [0.2, 0.25) is 0 Å². The first-order chi connectivity index (χ1) is 8.61. The van der Waals surface area contributed by atoms with Crippen LogP contribution in [0.15, 0.2) is 4.52 Å². The topological polar surface area (TPSA) is 97.6 Å². The Labute approximate surface area is 106 Å². The van der Waals surface area contributed by atoms with Gasteiger partial charge in [0, 0.05) is 19.1 Å². The molecule has 18 heavy (non-hydrogen) atoms. The molecule has 1 aromatic heterocycles. The van der Waals surface area contributed by atoms with Gasteiger partial charge >= 0.3 is 0 Å². The molecule has 0 aliphatic carbocycles. The van der Waals surface area contributed by atoms with Crippen molar-refractivity contribution in [1.29, 1.82) is 0 Å². The first-order valence-corrected chi connectivity index (χ1v) is 6.17. The van der Waals surface area contributed by atoms with Gasteiger partial charge in [-0.1, -0.05) is 5.16 Å². The maximum atomic E-state index is 8.93. The molecule has 2 heterocycles. The van der Waals surface area contributed by atoms with Crippen molar-refractivity contribution in [3.05, 3.63) is 11.7 Å². The molecule has 0 bridgehead atoms. The van der Waals surface area contributed by atoms with Gasteiger partial charge in [-0.05, 0) is 13.8 Å². The minimum Gasteiger partial charge on any atom is -0.394 e. The molecule has 0 aromatic carbocycles. The van der Waals surface area contributed by atoms with Gasteiger partial charge in [-0.15, -0.1) is 0 Å². The van der Waals surface area contributed by atoms with Gasteiger partial charge in [-0.25, -0.2) is 0 Å². The number of aliphatic hydroxyl groups is 1. The van der Waals surface area contributed by atoms with E-state index in [-0.39, 0.29) is 18.6 Å². The van der Waals surface area contributed by atoms with Gasteiger partial charge < -0.3 is 20.1 Å². The van der Waals surface area contributed by atoms with Crippen LogP contribution >= 0.6 is 0 Å². The van der Waals surface area contributed by atoms with Gasteiger partial charge in [-0.2, -0.15) is 4.98 Å². The summed E-state index contributed by atoms with van der Waals surface area (Å²) in [4.78, 5) is 6.49. The second kappa shape index (κ2) is 5.75. The van der Waals surface area contributed by atoms with Gasteiger partial charge in [0.2, 0.25) is 11.7 Å². The Kier molecular flexibility index (Phi) is 4.28. The van der Waals surface area contributed by atoms with Crippen LogP contribution in [0.4, 0.5) is 0 Å². The van der Waals surface area contributed by atoms with E-state index in [0.717, 1.165) is 13.1 Å². The zero-order valence-corrected chi connectivity index (χ0v) is 10.7. The van der Waals surface area contributed by atoms with E-state index in [4.69, 9.17) is 20.1 Å². The standard InChI is InChI=1S/C11H20N4O3/c1-7(2)15-3-4-17-9(5-15)10-13-11(18-14-10)8(12)6-16/h7-9,16H,3-6,12H2,1-2H3. The minimum atomic E-state index is -0.629. The Bertz CT molecular complexity index is 382. The molecule has 7 heteroatoms. The van der Waals surface area contributed by atoms with Crippen LogP contribution in [0.25, 0.3) is 0 Å². The normalized spacial score (nSPS) is 23.5. The highest BCUT2D eigenvalue weighted by Gasteiger charge is 2.28. The molecule has 0 spiro atoms. The monoisotopic (exact) mass is 256 g/mol. The lowest BCUT2D eigenvalue weighted by atomic mass is 10.2. The Morgan fingerprint density at radius 1 is 1.56 bits per heavy atom. The van der Waals surface area contributed by atoms with E-state index in [2.05, 4.69) is 28.9 Å². The fourth-order valence-electron chi connectivity index (χ4n) is 1.90. The molecule has 1 aliphatic rings. The quantitative estimate of drug-likeness (QED) is 0.772. The summed E-state index contributed by atoms with van der Waals surface area (Å²) in [7, 11) is 0. The predicted molar refractivity (Wildman–Crippen MR) is 63.7 cm³/mol. The van der Waals surface area contributed by atoms with Crippen molar-refractivity contribution in [3.63, 3.8) is 0 Å². The fraction of sp³-hybridized carbons (Fsp3) is 0.818. The highest BCUT2D eigenvalue weighted by atomic mass is 16.5. The highest BCUT2D eigenvalue weighted by molar-refractivity contribution is 4.97. The molecule has 2 unspecified atom stereocenters. The molecular formula is C11H20N4O3. The average Bonchev–Trinajstić information content (AvgIpc) is 2.87. The lowest BCUT2D eigenvalue weighted by molar-refractivity contribution is -0.0450. The van der Waals surface area contributed by atoms with E-state index in [1.54, 1.807) is 0 Å². The van der Waals surface area contributed by atoms with Crippen molar-refractivity contribution in [1.82, 2.24) is 15.0 Å². The summed E-state index contributed by atoms with van der Waals surface area (Å²) >= 11 is 0. The van der Waals surface area contributed by atoms with E-state index < -0.39 is 6.04 Å². The summed E-state index contributed by atoms with van der Waals surface area (Å²) < 4.78 is 10.7. The summed E-state index contributed by atoms with van der Waals surface area (Å²) in [6, 6.07) is -0.168. The molecule has 7 nitrogen and oxygen atoms in total. The van der Waals surface area contributed by atoms with Crippen LogP contribution < -0.4 is 5.73 Å². The third-order valence-electron chi connectivity index (χ3n) is 3.09. The van der Waals surface area contributed by atoms with Gasteiger partial charge in [0.25, 0.3) is 0 Å². The summed E-state index contributed by atoms with van der Waals surface area (Å²) in [6.07, 6.45) is -0.190. The number of aromatic nitrogens is 2. The number of hydrogen-bond acceptors (Lipinski definition) is 7. The summed E-state index contributed by atoms with van der Waals surface area (Å²) in [5.74, 6) is 0.747. The highest BCUT2D eigenvalue weighted by Crippen LogP contribution is 2.21. The van der Waals surface area contributed by atoms with Crippen molar-refractivity contribution in [2.75, 3.05) is 26.3 Å². The molecule has 0 radical (unpaired) electrons. The predicted octanol–water partition coefficient (Wildman–Crippen LogP) is -0.157. The van der Waals surface area contributed by atoms with Crippen molar-refractivity contribution in [2.24, 2.45) is 5.73 Å². The van der Waals surface area contributed by atoms with Crippen LogP contribution in [-0.4, -0.2) is 52.5 Å². The zero-order valence-electron chi connectivity index (χ0n) is 10.7. The Morgan fingerprint density at radius 3 is 3.00 bits per heavy atom. The number of nitrogens with two attached hydrogens (primary N) is 1. The third kappa shape index (κ3) is 2.86. The Morgan fingerprint density at radius 2 is 2.33 bits per heavy atom. The second-order valence-electron chi connectivity index (χ2n) is 4.73. The van der Waals surface area contributed by atoms with Gasteiger partial charge in [0.05, 0.1) is 13.2 Å². The zero-order chi connectivity index (χ0) is 13.1. The maximum Gasteiger partial charge on any atom is 0.246 e.